The first-order valence-electron chi connectivity index (χ1n) is 6.54. The van der Waals surface area contributed by atoms with Crippen LogP contribution in [0.1, 0.15) is 41.0 Å². The Labute approximate surface area is 114 Å². The van der Waals surface area contributed by atoms with Gasteiger partial charge in [-0.15, -0.1) is 11.3 Å². The topological polar surface area (TPSA) is 12.0 Å². The molecule has 1 atom stereocenters. The van der Waals surface area contributed by atoms with Gasteiger partial charge >= 0.3 is 0 Å². The lowest BCUT2D eigenvalue weighted by Gasteiger charge is -2.17. The molecule has 1 N–H and O–H groups in total. The minimum atomic E-state index is 0.476. The molecule has 2 heteroatoms. The summed E-state index contributed by atoms with van der Waals surface area (Å²) in [7, 11) is 0. The monoisotopic (exact) mass is 259 g/mol. The second kappa shape index (κ2) is 6.17. The number of rotatable bonds is 5. The lowest BCUT2D eigenvalue weighted by molar-refractivity contribution is 0.525. The summed E-state index contributed by atoms with van der Waals surface area (Å²) in [5.41, 5.74) is 4.19. The third-order valence-electron chi connectivity index (χ3n) is 3.46. The molecule has 0 aliphatic rings. The zero-order chi connectivity index (χ0) is 13.0. The van der Waals surface area contributed by atoms with Crippen LogP contribution in [0.3, 0.4) is 0 Å². The second-order valence-electron chi connectivity index (χ2n) is 4.73. The Hall–Kier alpha value is -1.12. The molecule has 96 valence electrons. The molecule has 0 radical (unpaired) electrons. The molecule has 0 bridgehead atoms. The highest BCUT2D eigenvalue weighted by atomic mass is 32.1. The standard InChI is InChI=1S/C16H21NS/c1-4-15(16-9-6-10-18-16)17-11-14-12(2)7-5-8-13(14)3/h5-10,15,17H,4,11H2,1-3H3. The van der Waals surface area contributed by atoms with E-state index in [-0.39, 0.29) is 0 Å². The molecule has 0 amide bonds. The summed E-state index contributed by atoms with van der Waals surface area (Å²) in [4.78, 5) is 1.43. The Balaban J connectivity index is 2.06. The Bertz CT molecular complexity index is 468. The number of thiophene rings is 1. The quantitative estimate of drug-likeness (QED) is 0.827. The molecule has 0 aliphatic carbocycles. The van der Waals surface area contributed by atoms with Gasteiger partial charge in [0.2, 0.25) is 0 Å². The molecule has 0 spiro atoms. The fraction of sp³-hybridized carbons (Fsp3) is 0.375. The van der Waals surface area contributed by atoms with Crippen LogP contribution < -0.4 is 5.32 Å². The lowest BCUT2D eigenvalue weighted by Crippen LogP contribution is -2.20. The van der Waals surface area contributed by atoms with Gasteiger partial charge in [0.05, 0.1) is 0 Å². The van der Waals surface area contributed by atoms with Crippen LogP contribution in [-0.2, 0) is 6.54 Å². The molecular formula is C16H21NS. The summed E-state index contributed by atoms with van der Waals surface area (Å²) >= 11 is 1.84. The van der Waals surface area contributed by atoms with Gasteiger partial charge in [0, 0.05) is 17.5 Å². The van der Waals surface area contributed by atoms with Crippen molar-refractivity contribution in [2.24, 2.45) is 0 Å². The average molecular weight is 259 g/mol. The molecule has 0 fully saturated rings. The fourth-order valence-electron chi connectivity index (χ4n) is 2.29. The van der Waals surface area contributed by atoms with Crippen LogP contribution in [-0.4, -0.2) is 0 Å². The lowest BCUT2D eigenvalue weighted by atomic mass is 10.0. The molecule has 0 saturated heterocycles. The first-order valence-corrected chi connectivity index (χ1v) is 7.42. The maximum absolute atomic E-state index is 3.68. The molecule has 0 aliphatic heterocycles. The minimum absolute atomic E-state index is 0.476. The van der Waals surface area contributed by atoms with Crippen molar-refractivity contribution in [3.05, 3.63) is 57.3 Å². The number of nitrogens with one attached hydrogen (secondary N) is 1. The van der Waals surface area contributed by atoms with Crippen LogP contribution in [0.25, 0.3) is 0 Å². The highest BCUT2D eigenvalue weighted by Gasteiger charge is 2.10. The summed E-state index contributed by atoms with van der Waals surface area (Å²) in [6, 6.07) is 11.3. The smallest absolute Gasteiger partial charge is 0.0414 e. The van der Waals surface area contributed by atoms with Crippen LogP contribution >= 0.6 is 11.3 Å². The van der Waals surface area contributed by atoms with Crippen LogP contribution in [0, 0.1) is 13.8 Å². The van der Waals surface area contributed by atoms with Gasteiger partial charge in [-0.3, -0.25) is 0 Å². The van der Waals surface area contributed by atoms with Crippen molar-refractivity contribution < 1.29 is 0 Å². The Kier molecular flexibility index (Phi) is 4.56. The van der Waals surface area contributed by atoms with Crippen molar-refractivity contribution >= 4 is 11.3 Å². The summed E-state index contributed by atoms with van der Waals surface area (Å²) in [5, 5.41) is 5.83. The highest BCUT2D eigenvalue weighted by molar-refractivity contribution is 7.10. The van der Waals surface area contributed by atoms with Gasteiger partial charge < -0.3 is 5.32 Å². The fourth-order valence-corrected chi connectivity index (χ4v) is 3.17. The van der Waals surface area contributed by atoms with Gasteiger partial charge in [-0.2, -0.15) is 0 Å². The Morgan fingerprint density at radius 3 is 2.39 bits per heavy atom. The molecule has 1 aromatic carbocycles. The van der Waals surface area contributed by atoms with Crippen LogP contribution in [0.5, 0.6) is 0 Å². The first-order chi connectivity index (χ1) is 8.72. The van der Waals surface area contributed by atoms with Crippen molar-refractivity contribution in [1.82, 2.24) is 5.32 Å². The zero-order valence-electron chi connectivity index (χ0n) is 11.4. The van der Waals surface area contributed by atoms with Crippen LogP contribution in [0.15, 0.2) is 35.7 Å². The van der Waals surface area contributed by atoms with Gasteiger partial charge in [-0.25, -0.2) is 0 Å². The summed E-state index contributed by atoms with van der Waals surface area (Å²) < 4.78 is 0. The molecule has 1 heterocycles. The summed E-state index contributed by atoms with van der Waals surface area (Å²) in [6.07, 6.45) is 1.13. The second-order valence-corrected chi connectivity index (χ2v) is 5.71. The zero-order valence-corrected chi connectivity index (χ0v) is 12.2. The molecule has 18 heavy (non-hydrogen) atoms. The van der Waals surface area contributed by atoms with E-state index in [2.05, 4.69) is 61.8 Å². The first kappa shape index (κ1) is 13.3. The van der Waals surface area contributed by atoms with Crippen molar-refractivity contribution in [3.63, 3.8) is 0 Å². The molecule has 2 rings (SSSR count). The summed E-state index contributed by atoms with van der Waals surface area (Å²) in [6.45, 7) is 7.57. The van der Waals surface area contributed by atoms with E-state index < -0.39 is 0 Å². The minimum Gasteiger partial charge on any atom is -0.305 e. The van der Waals surface area contributed by atoms with Gasteiger partial charge in [0.25, 0.3) is 0 Å². The Morgan fingerprint density at radius 1 is 1.11 bits per heavy atom. The molecular weight excluding hydrogens is 238 g/mol. The predicted molar refractivity (Wildman–Crippen MR) is 80.1 cm³/mol. The van der Waals surface area contributed by atoms with E-state index in [1.54, 1.807) is 0 Å². The SMILES string of the molecule is CCC(NCc1c(C)cccc1C)c1cccs1. The largest absolute Gasteiger partial charge is 0.305 e. The Morgan fingerprint density at radius 2 is 1.83 bits per heavy atom. The third kappa shape index (κ3) is 3.01. The van der Waals surface area contributed by atoms with Gasteiger partial charge in [-0.1, -0.05) is 31.2 Å². The average Bonchev–Trinajstić information content (AvgIpc) is 2.87. The van der Waals surface area contributed by atoms with Crippen LogP contribution in [0.2, 0.25) is 0 Å². The molecule has 1 aromatic heterocycles. The maximum atomic E-state index is 3.68. The molecule has 2 aromatic rings. The number of hydrogen-bond donors (Lipinski definition) is 1. The van der Waals surface area contributed by atoms with E-state index in [4.69, 9.17) is 0 Å². The van der Waals surface area contributed by atoms with Crippen molar-refractivity contribution in [1.29, 1.82) is 0 Å². The van der Waals surface area contributed by atoms with E-state index in [9.17, 15) is 0 Å². The van der Waals surface area contributed by atoms with E-state index in [1.165, 1.54) is 21.6 Å². The van der Waals surface area contributed by atoms with Gasteiger partial charge in [-0.05, 0) is 48.4 Å². The number of aryl methyl sites for hydroxylation is 2. The van der Waals surface area contributed by atoms with Gasteiger partial charge in [0.1, 0.15) is 0 Å². The number of hydrogen-bond acceptors (Lipinski definition) is 2. The maximum Gasteiger partial charge on any atom is 0.0414 e. The van der Waals surface area contributed by atoms with E-state index in [0.717, 1.165) is 13.0 Å². The predicted octanol–water partition coefficient (Wildman–Crippen LogP) is 4.61. The summed E-state index contributed by atoms with van der Waals surface area (Å²) in [5.74, 6) is 0. The van der Waals surface area contributed by atoms with Crippen molar-refractivity contribution in [2.45, 2.75) is 39.8 Å². The van der Waals surface area contributed by atoms with Gasteiger partial charge in [0.15, 0.2) is 0 Å². The normalized spacial score (nSPS) is 12.6. The van der Waals surface area contributed by atoms with Crippen molar-refractivity contribution in [3.8, 4) is 0 Å². The molecule has 0 saturated carbocycles. The van der Waals surface area contributed by atoms with E-state index >= 15 is 0 Å². The van der Waals surface area contributed by atoms with Crippen molar-refractivity contribution in [2.75, 3.05) is 0 Å². The van der Waals surface area contributed by atoms with E-state index in [1.807, 2.05) is 11.3 Å². The number of benzene rings is 1. The van der Waals surface area contributed by atoms with E-state index in [0.29, 0.717) is 6.04 Å². The molecule has 1 unspecified atom stereocenters. The molecule has 1 nitrogen and oxygen atoms in total. The third-order valence-corrected chi connectivity index (χ3v) is 4.45. The highest BCUT2D eigenvalue weighted by Crippen LogP contribution is 2.23. The van der Waals surface area contributed by atoms with Crippen LogP contribution in [0.4, 0.5) is 0 Å².